The van der Waals surface area contributed by atoms with Crippen LogP contribution in [0, 0.1) is 6.92 Å². The number of carboxylic acids is 1. The van der Waals surface area contributed by atoms with Crippen molar-refractivity contribution >= 4 is 17.8 Å². The Bertz CT molecular complexity index is 591. The molecule has 112 valence electrons. The summed E-state index contributed by atoms with van der Waals surface area (Å²) < 4.78 is 0. The zero-order chi connectivity index (χ0) is 15.6. The van der Waals surface area contributed by atoms with Gasteiger partial charge in [-0.15, -0.1) is 0 Å². The monoisotopic (exact) mass is 292 g/mol. The van der Waals surface area contributed by atoms with Gasteiger partial charge in [-0.3, -0.25) is 9.59 Å². The Morgan fingerprint density at radius 2 is 1.62 bits per heavy atom. The summed E-state index contributed by atoms with van der Waals surface area (Å²) in [6, 6.07) is 4.80. The number of amides is 2. The molecule has 0 unspecified atom stereocenters. The zero-order valence-electron chi connectivity index (χ0n) is 11.6. The number of aromatic hydroxyl groups is 1. The second kappa shape index (κ2) is 5.82. The van der Waals surface area contributed by atoms with Gasteiger partial charge in [-0.1, -0.05) is 6.07 Å². The van der Waals surface area contributed by atoms with Crippen molar-refractivity contribution in [2.24, 2.45) is 0 Å². The van der Waals surface area contributed by atoms with Gasteiger partial charge >= 0.3 is 11.9 Å². The summed E-state index contributed by atoms with van der Waals surface area (Å²) in [5.41, 5.74) is 1.06. The molecule has 0 spiro atoms. The highest BCUT2D eigenvalue weighted by atomic mass is 16.4. The van der Waals surface area contributed by atoms with Crippen LogP contribution in [-0.2, 0) is 9.59 Å². The second-order valence-electron chi connectivity index (χ2n) is 4.91. The number of carboxylic acid groups (broad SMARTS) is 1. The molecule has 21 heavy (non-hydrogen) atoms. The molecule has 0 atom stereocenters. The van der Waals surface area contributed by atoms with Crippen LogP contribution < -0.4 is 0 Å². The average Bonchev–Trinajstić information content (AvgIpc) is 2.46. The van der Waals surface area contributed by atoms with Gasteiger partial charge in [-0.05, 0) is 24.6 Å². The lowest BCUT2D eigenvalue weighted by molar-refractivity contribution is -0.156. The molecule has 1 aromatic rings. The first-order chi connectivity index (χ1) is 9.90. The minimum absolute atomic E-state index is 0.0796. The molecule has 2 N–H and O–H groups in total. The molecule has 1 fully saturated rings. The van der Waals surface area contributed by atoms with Crippen molar-refractivity contribution in [3.05, 3.63) is 29.3 Å². The van der Waals surface area contributed by atoms with E-state index in [9.17, 15) is 19.5 Å². The van der Waals surface area contributed by atoms with Crippen LogP contribution in [0.25, 0.3) is 0 Å². The smallest absolute Gasteiger partial charge is 0.394 e. The Hall–Kier alpha value is -2.57. The molecule has 0 aromatic heterocycles. The minimum Gasteiger partial charge on any atom is -0.507 e. The number of piperazine rings is 1. The molecule has 0 aliphatic carbocycles. The van der Waals surface area contributed by atoms with Gasteiger partial charge < -0.3 is 20.0 Å². The van der Waals surface area contributed by atoms with E-state index in [-0.39, 0.29) is 43.4 Å². The fourth-order valence-corrected chi connectivity index (χ4v) is 2.24. The Balaban J connectivity index is 2.03. The Morgan fingerprint density at radius 3 is 2.14 bits per heavy atom. The van der Waals surface area contributed by atoms with Crippen molar-refractivity contribution in [3.63, 3.8) is 0 Å². The van der Waals surface area contributed by atoms with Gasteiger partial charge in [0.1, 0.15) is 5.75 Å². The van der Waals surface area contributed by atoms with Crippen LogP contribution in [-0.4, -0.2) is 64.0 Å². The van der Waals surface area contributed by atoms with Gasteiger partial charge in [-0.25, -0.2) is 4.79 Å². The molecule has 0 saturated carbocycles. The fourth-order valence-electron chi connectivity index (χ4n) is 2.24. The first kappa shape index (κ1) is 14.8. The lowest BCUT2D eigenvalue weighted by Crippen LogP contribution is -2.52. The molecule has 7 heteroatoms. The van der Waals surface area contributed by atoms with Gasteiger partial charge in [0, 0.05) is 26.2 Å². The van der Waals surface area contributed by atoms with E-state index >= 15 is 0 Å². The number of benzene rings is 1. The lowest BCUT2D eigenvalue weighted by atomic mass is 10.1. The summed E-state index contributed by atoms with van der Waals surface area (Å²) in [6.07, 6.45) is 0. The predicted molar refractivity (Wildman–Crippen MR) is 73.0 cm³/mol. The number of phenols is 1. The molecule has 0 radical (unpaired) electrons. The standard InChI is InChI=1S/C14H16N2O5/c1-9-2-3-10(11(17)8-9)12(18)15-4-6-16(7-5-15)13(19)14(20)21/h2-3,8,17H,4-7H2,1H3,(H,20,21). The third-order valence-electron chi connectivity index (χ3n) is 3.42. The van der Waals surface area contributed by atoms with Crippen LogP contribution in [0.5, 0.6) is 5.75 Å². The number of nitrogens with zero attached hydrogens (tertiary/aromatic N) is 2. The van der Waals surface area contributed by atoms with Crippen molar-refractivity contribution in [1.29, 1.82) is 0 Å². The third kappa shape index (κ3) is 3.13. The van der Waals surface area contributed by atoms with E-state index in [1.807, 2.05) is 6.92 Å². The SMILES string of the molecule is Cc1ccc(C(=O)N2CCN(C(=O)C(=O)O)CC2)c(O)c1. The molecule has 1 heterocycles. The van der Waals surface area contributed by atoms with Gasteiger partial charge in [0.25, 0.3) is 5.91 Å². The maximum absolute atomic E-state index is 12.3. The van der Waals surface area contributed by atoms with Crippen LogP contribution in [0.3, 0.4) is 0 Å². The van der Waals surface area contributed by atoms with Gasteiger partial charge in [0.2, 0.25) is 0 Å². The summed E-state index contributed by atoms with van der Waals surface area (Å²) in [7, 11) is 0. The number of carbonyl (C=O) groups excluding carboxylic acids is 2. The number of rotatable bonds is 1. The van der Waals surface area contributed by atoms with Crippen LogP contribution in [0.1, 0.15) is 15.9 Å². The van der Waals surface area contributed by atoms with E-state index in [2.05, 4.69) is 0 Å². The molecular formula is C14H16N2O5. The topological polar surface area (TPSA) is 98.2 Å². The molecule has 0 bridgehead atoms. The fraction of sp³-hybridized carbons (Fsp3) is 0.357. The molecule has 1 aliphatic rings. The number of phenolic OH excluding ortho intramolecular Hbond substituents is 1. The van der Waals surface area contributed by atoms with Gasteiger partial charge in [0.05, 0.1) is 5.56 Å². The first-order valence-electron chi connectivity index (χ1n) is 6.51. The van der Waals surface area contributed by atoms with Crippen LogP contribution >= 0.6 is 0 Å². The van der Waals surface area contributed by atoms with E-state index in [1.54, 1.807) is 12.1 Å². The number of carbonyl (C=O) groups is 3. The van der Waals surface area contributed by atoms with Gasteiger partial charge in [-0.2, -0.15) is 0 Å². The Morgan fingerprint density at radius 1 is 1.05 bits per heavy atom. The molecular weight excluding hydrogens is 276 g/mol. The van der Waals surface area contributed by atoms with E-state index < -0.39 is 11.9 Å². The molecule has 7 nitrogen and oxygen atoms in total. The van der Waals surface area contributed by atoms with E-state index in [4.69, 9.17) is 5.11 Å². The molecule has 1 aromatic carbocycles. The van der Waals surface area contributed by atoms with E-state index in [0.29, 0.717) is 0 Å². The van der Waals surface area contributed by atoms with Crippen molar-refractivity contribution in [1.82, 2.24) is 9.80 Å². The van der Waals surface area contributed by atoms with Crippen LogP contribution in [0.4, 0.5) is 0 Å². The van der Waals surface area contributed by atoms with Crippen LogP contribution in [0.2, 0.25) is 0 Å². The largest absolute Gasteiger partial charge is 0.507 e. The highest BCUT2D eigenvalue weighted by Gasteiger charge is 2.28. The summed E-state index contributed by atoms with van der Waals surface area (Å²) in [6.45, 7) is 2.63. The number of aliphatic carboxylic acids is 1. The predicted octanol–water partition coefficient (Wildman–Crippen LogP) is 0.0696. The Labute approximate surface area is 121 Å². The quantitative estimate of drug-likeness (QED) is 0.714. The highest BCUT2D eigenvalue weighted by Crippen LogP contribution is 2.21. The Kier molecular flexibility index (Phi) is 4.11. The zero-order valence-corrected chi connectivity index (χ0v) is 11.6. The summed E-state index contributed by atoms with van der Waals surface area (Å²) in [5, 5.41) is 18.5. The molecule has 1 saturated heterocycles. The number of hydrogen-bond acceptors (Lipinski definition) is 4. The average molecular weight is 292 g/mol. The molecule has 2 amide bonds. The first-order valence-corrected chi connectivity index (χ1v) is 6.51. The second-order valence-corrected chi connectivity index (χ2v) is 4.91. The van der Waals surface area contributed by atoms with Crippen LogP contribution in [0.15, 0.2) is 18.2 Å². The lowest BCUT2D eigenvalue weighted by Gasteiger charge is -2.34. The summed E-state index contributed by atoms with van der Waals surface area (Å²) in [4.78, 5) is 36.9. The molecule has 2 rings (SSSR count). The minimum atomic E-state index is -1.49. The summed E-state index contributed by atoms with van der Waals surface area (Å²) in [5.74, 6) is -2.86. The van der Waals surface area contributed by atoms with Crippen molar-refractivity contribution < 1.29 is 24.6 Å². The highest BCUT2D eigenvalue weighted by molar-refractivity contribution is 6.31. The number of aryl methyl sites for hydroxylation is 1. The van der Waals surface area contributed by atoms with Crippen molar-refractivity contribution in [3.8, 4) is 5.75 Å². The summed E-state index contributed by atoms with van der Waals surface area (Å²) >= 11 is 0. The third-order valence-corrected chi connectivity index (χ3v) is 3.42. The van der Waals surface area contributed by atoms with Gasteiger partial charge in [0.15, 0.2) is 0 Å². The van der Waals surface area contributed by atoms with Crippen molar-refractivity contribution in [2.75, 3.05) is 26.2 Å². The maximum atomic E-state index is 12.3. The molecule has 1 aliphatic heterocycles. The van der Waals surface area contributed by atoms with E-state index in [0.717, 1.165) is 5.56 Å². The number of hydrogen-bond donors (Lipinski definition) is 2. The van der Waals surface area contributed by atoms with E-state index in [1.165, 1.54) is 15.9 Å². The van der Waals surface area contributed by atoms with Crippen molar-refractivity contribution in [2.45, 2.75) is 6.92 Å². The normalized spacial score (nSPS) is 14.9. The maximum Gasteiger partial charge on any atom is 0.394 e.